The Kier molecular flexibility index (Phi) is 3.99. The first-order chi connectivity index (χ1) is 7.92. The van der Waals surface area contributed by atoms with Gasteiger partial charge in [-0.15, -0.1) is 0 Å². The summed E-state index contributed by atoms with van der Waals surface area (Å²) in [5.41, 5.74) is 1.28. The molecule has 0 unspecified atom stereocenters. The summed E-state index contributed by atoms with van der Waals surface area (Å²) >= 11 is 0. The number of rotatable bonds is 8. The molecule has 0 atom stereocenters. The summed E-state index contributed by atoms with van der Waals surface area (Å²) in [7, 11) is 0. The number of imidazole rings is 1. The van der Waals surface area contributed by atoms with Crippen LogP contribution in [0.15, 0.2) is 25.4 Å². The summed E-state index contributed by atoms with van der Waals surface area (Å²) in [5.74, 6) is 0. The average molecular weight is 221 g/mol. The van der Waals surface area contributed by atoms with Crippen molar-refractivity contribution >= 4 is 0 Å². The molecule has 1 fully saturated rings. The first kappa shape index (κ1) is 11.2. The summed E-state index contributed by atoms with van der Waals surface area (Å²) in [4.78, 5) is 4.20. The average Bonchev–Trinajstić information content (AvgIpc) is 3.04. The molecule has 4 heteroatoms. The highest BCUT2D eigenvalue weighted by atomic mass is 16.5. The van der Waals surface area contributed by atoms with Crippen molar-refractivity contribution in [2.45, 2.75) is 31.8 Å². The van der Waals surface area contributed by atoms with Gasteiger partial charge in [0.15, 0.2) is 0 Å². The lowest BCUT2D eigenvalue weighted by Crippen LogP contribution is -2.18. The first-order valence-corrected chi connectivity index (χ1v) is 5.85. The van der Waals surface area contributed by atoms with Crippen LogP contribution in [0.4, 0.5) is 0 Å². The maximum atomic E-state index is 5.05. The molecule has 0 saturated heterocycles. The van der Waals surface area contributed by atoms with Crippen LogP contribution >= 0.6 is 0 Å². The van der Waals surface area contributed by atoms with Crippen LogP contribution in [0.2, 0.25) is 0 Å². The van der Waals surface area contributed by atoms with Crippen LogP contribution in [-0.2, 0) is 11.3 Å². The zero-order chi connectivity index (χ0) is 11.2. The summed E-state index contributed by atoms with van der Waals surface area (Å²) in [6, 6.07) is 0.711. The topological polar surface area (TPSA) is 39.1 Å². The summed E-state index contributed by atoms with van der Waals surface area (Å²) in [6.45, 7) is 6.09. The summed E-state index contributed by atoms with van der Waals surface area (Å²) < 4.78 is 7.33. The van der Waals surface area contributed by atoms with Gasteiger partial charge in [0.1, 0.15) is 0 Å². The molecule has 1 aliphatic carbocycles. The smallest absolute Gasteiger partial charge is 0.0951 e. The Labute approximate surface area is 96.3 Å². The minimum atomic E-state index is 0.711. The van der Waals surface area contributed by atoms with Gasteiger partial charge in [-0.3, -0.25) is 0 Å². The van der Waals surface area contributed by atoms with Crippen molar-refractivity contribution < 1.29 is 4.74 Å². The van der Waals surface area contributed by atoms with Gasteiger partial charge in [0.05, 0.1) is 24.9 Å². The van der Waals surface area contributed by atoms with Crippen LogP contribution < -0.4 is 5.32 Å². The van der Waals surface area contributed by atoms with E-state index in [1.807, 2.05) is 12.5 Å². The molecule has 0 amide bonds. The maximum absolute atomic E-state index is 5.05. The summed E-state index contributed by atoms with van der Waals surface area (Å²) in [6.07, 6.45) is 8.99. The van der Waals surface area contributed by atoms with E-state index < -0.39 is 0 Å². The Balaban J connectivity index is 1.64. The fourth-order valence-electron chi connectivity index (χ4n) is 1.73. The minimum absolute atomic E-state index is 0.711. The van der Waals surface area contributed by atoms with E-state index in [9.17, 15) is 0 Å². The van der Waals surface area contributed by atoms with Crippen molar-refractivity contribution in [3.63, 3.8) is 0 Å². The molecule has 2 rings (SSSR count). The highest BCUT2D eigenvalue weighted by Crippen LogP contribution is 2.35. The van der Waals surface area contributed by atoms with Crippen molar-refractivity contribution in [3.05, 3.63) is 31.1 Å². The molecule has 4 nitrogen and oxygen atoms in total. The Morgan fingerprint density at radius 1 is 1.62 bits per heavy atom. The summed E-state index contributed by atoms with van der Waals surface area (Å²) in [5, 5.41) is 3.39. The fourth-order valence-corrected chi connectivity index (χ4v) is 1.73. The van der Waals surface area contributed by atoms with Crippen LogP contribution in [0.5, 0.6) is 0 Å². The number of nitrogens with one attached hydrogen (secondary N) is 1. The molecule has 0 radical (unpaired) electrons. The zero-order valence-corrected chi connectivity index (χ0v) is 9.56. The predicted octanol–water partition coefficient (Wildman–Crippen LogP) is 1.86. The second-order valence-electron chi connectivity index (χ2n) is 4.09. The lowest BCUT2D eigenvalue weighted by molar-refractivity contribution is 0.244. The van der Waals surface area contributed by atoms with Crippen LogP contribution in [0.1, 0.15) is 31.0 Å². The fraction of sp³-hybridized carbons (Fsp3) is 0.583. The third-order valence-electron chi connectivity index (χ3n) is 2.73. The molecule has 1 aromatic heterocycles. The molecular weight excluding hydrogens is 202 g/mol. The molecule has 1 heterocycles. The van der Waals surface area contributed by atoms with E-state index in [0.29, 0.717) is 6.04 Å². The van der Waals surface area contributed by atoms with E-state index in [0.717, 1.165) is 26.1 Å². The van der Waals surface area contributed by atoms with E-state index >= 15 is 0 Å². The van der Waals surface area contributed by atoms with Crippen molar-refractivity contribution in [2.75, 3.05) is 13.2 Å². The molecule has 1 aromatic rings. The molecule has 16 heavy (non-hydrogen) atoms. The van der Waals surface area contributed by atoms with Gasteiger partial charge in [-0.25, -0.2) is 4.98 Å². The monoisotopic (exact) mass is 221 g/mol. The van der Waals surface area contributed by atoms with Gasteiger partial charge in [-0.1, -0.05) is 6.58 Å². The molecule has 1 saturated carbocycles. The number of aromatic nitrogens is 2. The van der Waals surface area contributed by atoms with Crippen molar-refractivity contribution in [3.8, 4) is 0 Å². The van der Waals surface area contributed by atoms with Gasteiger partial charge in [0.25, 0.3) is 0 Å². The molecule has 0 spiro atoms. The zero-order valence-electron chi connectivity index (χ0n) is 9.56. The van der Waals surface area contributed by atoms with Crippen molar-refractivity contribution in [2.24, 2.45) is 0 Å². The Hall–Kier alpha value is -1.29. The number of ether oxygens (including phenoxy) is 1. The lowest BCUT2D eigenvalue weighted by atomic mass is 10.4. The van der Waals surface area contributed by atoms with Gasteiger partial charge in [-0.2, -0.15) is 0 Å². The minimum Gasteiger partial charge on any atom is -0.502 e. The molecule has 88 valence electrons. The molecule has 1 aliphatic rings. The van der Waals surface area contributed by atoms with Crippen molar-refractivity contribution in [1.82, 2.24) is 14.9 Å². The molecular formula is C12H19N3O. The van der Waals surface area contributed by atoms with Gasteiger partial charge in [0.2, 0.25) is 0 Å². The van der Waals surface area contributed by atoms with E-state index in [2.05, 4.69) is 21.4 Å². The molecule has 0 aliphatic heterocycles. The van der Waals surface area contributed by atoms with Gasteiger partial charge in [-0.05, 0) is 25.8 Å². The lowest BCUT2D eigenvalue weighted by Gasteiger charge is -2.07. The van der Waals surface area contributed by atoms with E-state index in [4.69, 9.17) is 4.74 Å². The Morgan fingerprint density at radius 3 is 3.25 bits per heavy atom. The first-order valence-electron chi connectivity index (χ1n) is 5.85. The SMILES string of the molecule is C=COCCCNCc1cncn1C1CC1. The molecule has 1 N–H and O–H groups in total. The van der Waals surface area contributed by atoms with Crippen LogP contribution in [0.25, 0.3) is 0 Å². The van der Waals surface area contributed by atoms with Crippen LogP contribution in [0.3, 0.4) is 0 Å². The third-order valence-corrected chi connectivity index (χ3v) is 2.73. The standard InChI is InChI=1S/C12H19N3O/c1-2-16-7-3-6-13-8-12-9-14-10-15(12)11-4-5-11/h2,9-11,13H,1,3-8H2. The Morgan fingerprint density at radius 2 is 2.50 bits per heavy atom. The van der Waals surface area contributed by atoms with Gasteiger partial charge >= 0.3 is 0 Å². The highest BCUT2D eigenvalue weighted by Gasteiger charge is 2.24. The maximum Gasteiger partial charge on any atom is 0.0951 e. The number of nitrogens with zero attached hydrogens (tertiary/aromatic N) is 2. The van der Waals surface area contributed by atoms with E-state index in [1.165, 1.54) is 24.8 Å². The van der Waals surface area contributed by atoms with Crippen LogP contribution in [-0.4, -0.2) is 22.7 Å². The van der Waals surface area contributed by atoms with Gasteiger partial charge < -0.3 is 14.6 Å². The predicted molar refractivity (Wildman–Crippen MR) is 63.0 cm³/mol. The van der Waals surface area contributed by atoms with E-state index in [1.54, 1.807) is 0 Å². The van der Waals surface area contributed by atoms with Crippen LogP contribution in [0, 0.1) is 0 Å². The third kappa shape index (κ3) is 3.10. The van der Waals surface area contributed by atoms with E-state index in [-0.39, 0.29) is 0 Å². The quantitative estimate of drug-likeness (QED) is 0.538. The molecule has 0 bridgehead atoms. The highest BCUT2D eigenvalue weighted by molar-refractivity contribution is 5.03. The second kappa shape index (κ2) is 5.70. The second-order valence-corrected chi connectivity index (χ2v) is 4.09. The normalized spacial score (nSPS) is 15.0. The van der Waals surface area contributed by atoms with Gasteiger partial charge in [0, 0.05) is 18.8 Å². The number of hydrogen-bond acceptors (Lipinski definition) is 3. The Bertz CT molecular complexity index is 331. The molecule has 0 aromatic carbocycles. The van der Waals surface area contributed by atoms with Crippen molar-refractivity contribution in [1.29, 1.82) is 0 Å². The number of hydrogen-bond donors (Lipinski definition) is 1. The largest absolute Gasteiger partial charge is 0.502 e.